The topological polar surface area (TPSA) is 111 Å². The third-order valence-corrected chi connectivity index (χ3v) is 6.44. The van der Waals surface area contributed by atoms with Crippen LogP contribution in [-0.2, 0) is 14.8 Å². The molecule has 7 nitrogen and oxygen atoms in total. The van der Waals surface area contributed by atoms with E-state index in [-0.39, 0.29) is 17.4 Å². The Morgan fingerprint density at radius 2 is 1.90 bits per heavy atom. The fourth-order valence-electron chi connectivity index (χ4n) is 3.33. The van der Waals surface area contributed by atoms with Gasteiger partial charge in [-0.2, -0.15) is 13.2 Å². The van der Waals surface area contributed by atoms with Crippen molar-refractivity contribution in [1.82, 2.24) is 4.72 Å². The predicted molar refractivity (Wildman–Crippen MR) is 102 cm³/mol. The van der Waals surface area contributed by atoms with E-state index < -0.39 is 51.8 Å². The average Bonchev–Trinajstić information content (AvgIpc) is 2.68. The molecule has 1 amide bonds. The van der Waals surface area contributed by atoms with Gasteiger partial charge in [0.2, 0.25) is 15.9 Å². The molecular weight excluding hydrogens is 430 g/mol. The van der Waals surface area contributed by atoms with E-state index in [1.807, 2.05) is 0 Å². The van der Waals surface area contributed by atoms with Crippen molar-refractivity contribution in [3.63, 3.8) is 0 Å². The van der Waals surface area contributed by atoms with Crippen molar-refractivity contribution in [3.05, 3.63) is 17.9 Å². The van der Waals surface area contributed by atoms with Gasteiger partial charge in [-0.25, -0.2) is 17.5 Å². The lowest BCUT2D eigenvalue weighted by molar-refractivity contribution is -0.132. The number of halogens is 4. The molecule has 1 aromatic carbocycles. The summed E-state index contributed by atoms with van der Waals surface area (Å²) in [6, 6.07) is 0.693. The summed E-state index contributed by atoms with van der Waals surface area (Å²) in [5.74, 6) is -2.06. The minimum atomic E-state index is -4.55. The largest absolute Gasteiger partial charge is 0.495 e. The Bertz CT molecular complexity index is 856. The molecule has 1 saturated carbocycles. The summed E-state index contributed by atoms with van der Waals surface area (Å²) in [6.45, 7) is -0.911. The number of hydrogen-bond acceptors (Lipinski definition) is 5. The van der Waals surface area contributed by atoms with E-state index in [4.69, 9.17) is 10.5 Å². The summed E-state index contributed by atoms with van der Waals surface area (Å²) in [5.41, 5.74) is 5.65. The van der Waals surface area contributed by atoms with Gasteiger partial charge < -0.3 is 15.8 Å². The summed E-state index contributed by atoms with van der Waals surface area (Å²) >= 11 is 0. The van der Waals surface area contributed by atoms with E-state index in [0.717, 1.165) is 45.3 Å². The van der Waals surface area contributed by atoms with Crippen LogP contribution in [0.2, 0.25) is 0 Å². The van der Waals surface area contributed by atoms with Crippen LogP contribution in [0.25, 0.3) is 0 Å². The number of alkyl halides is 3. The molecule has 0 saturated heterocycles. The van der Waals surface area contributed by atoms with Gasteiger partial charge in [0.25, 0.3) is 0 Å². The number of anilines is 1. The highest BCUT2D eigenvalue weighted by molar-refractivity contribution is 7.89. The Morgan fingerprint density at radius 1 is 1.27 bits per heavy atom. The summed E-state index contributed by atoms with van der Waals surface area (Å²) in [5, 5.41) is 2.34. The Balaban J connectivity index is 2.17. The Morgan fingerprint density at radius 3 is 2.47 bits per heavy atom. The number of methoxy groups -OCH3 is 1. The molecule has 0 bridgehead atoms. The molecule has 4 N–H and O–H groups in total. The maximum Gasteiger partial charge on any atom is 0.390 e. The molecule has 170 valence electrons. The number of sulfonamides is 1. The van der Waals surface area contributed by atoms with Crippen molar-refractivity contribution in [3.8, 4) is 5.75 Å². The van der Waals surface area contributed by atoms with E-state index in [1.165, 1.54) is 0 Å². The van der Waals surface area contributed by atoms with Gasteiger partial charge in [0.05, 0.1) is 25.3 Å². The third-order valence-electron chi connectivity index (χ3n) is 4.96. The third kappa shape index (κ3) is 6.54. The predicted octanol–water partition coefficient (Wildman–Crippen LogP) is 2.91. The van der Waals surface area contributed by atoms with Crippen molar-refractivity contribution in [2.24, 2.45) is 11.7 Å². The lowest BCUT2D eigenvalue weighted by atomic mass is 9.84. The van der Waals surface area contributed by atoms with Crippen molar-refractivity contribution in [2.75, 3.05) is 19.0 Å². The fraction of sp³-hybridized carbons (Fsp3) is 0.611. The smallest absolute Gasteiger partial charge is 0.390 e. The summed E-state index contributed by atoms with van der Waals surface area (Å²) in [4.78, 5) is 11.7. The minimum absolute atomic E-state index is 0.0267. The molecule has 0 spiro atoms. The zero-order valence-electron chi connectivity index (χ0n) is 16.4. The molecule has 2 rings (SSSR count). The number of amides is 1. The lowest BCUT2D eigenvalue weighted by Crippen LogP contribution is -2.42. The van der Waals surface area contributed by atoms with E-state index in [1.54, 1.807) is 4.72 Å². The zero-order valence-corrected chi connectivity index (χ0v) is 17.2. The van der Waals surface area contributed by atoms with Gasteiger partial charge in [0, 0.05) is 12.6 Å². The fourth-order valence-corrected chi connectivity index (χ4v) is 4.52. The molecule has 1 aliphatic rings. The molecule has 0 radical (unpaired) electrons. The highest BCUT2D eigenvalue weighted by Crippen LogP contribution is 2.31. The minimum Gasteiger partial charge on any atom is -0.495 e. The van der Waals surface area contributed by atoms with Gasteiger partial charge in [-0.15, -0.1) is 0 Å². The SMILES string of the molecule is COc1cc(NC(=O)[C@@H](N)C2CCCCC2)c(F)cc1S(=O)(=O)NCCC(F)(F)F. The van der Waals surface area contributed by atoms with Crippen LogP contribution in [0.1, 0.15) is 38.5 Å². The number of carbonyl (C=O) groups excluding carboxylic acids is 1. The maximum absolute atomic E-state index is 14.5. The normalized spacial score (nSPS) is 16.9. The first-order valence-corrected chi connectivity index (χ1v) is 10.9. The summed E-state index contributed by atoms with van der Waals surface area (Å²) in [7, 11) is -3.37. The number of ether oxygens (including phenoxy) is 1. The number of nitrogens with two attached hydrogens (primary N) is 1. The number of hydrogen-bond donors (Lipinski definition) is 3. The van der Waals surface area contributed by atoms with Crippen molar-refractivity contribution < 1.29 is 35.5 Å². The first-order valence-electron chi connectivity index (χ1n) is 9.45. The first-order chi connectivity index (χ1) is 13.9. The molecule has 30 heavy (non-hydrogen) atoms. The van der Waals surface area contributed by atoms with E-state index >= 15 is 0 Å². The number of benzene rings is 1. The first kappa shape index (κ1) is 24.4. The highest BCUT2D eigenvalue weighted by atomic mass is 32.2. The van der Waals surface area contributed by atoms with Gasteiger partial charge in [0.1, 0.15) is 16.5 Å². The van der Waals surface area contributed by atoms with Crippen LogP contribution in [0.5, 0.6) is 5.75 Å². The second-order valence-electron chi connectivity index (χ2n) is 7.16. The Kier molecular flexibility index (Phi) is 8.06. The van der Waals surface area contributed by atoms with Gasteiger partial charge in [-0.05, 0) is 24.8 Å². The molecule has 1 aromatic rings. The molecule has 1 fully saturated rings. The molecular formula is C18H25F4N3O4S. The highest BCUT2D eigenvalue weighted by Gasteiger charge is 2.30. The second-order valence-corrected chi connectivity index (χ2v) is 8.89. The van der Waals surface area contributed by atoms with Crippen LogP contribution < -0.4 is 20.5 Å². The Labute approximate surface area is 172 Å². The molecule has 12 heteroatoms. The number of nitrogens with one attached hydrogen (secondary N) is 2. The van der Waals surface area contributed by atoms with E-state index in [9.17, 15) is 30.8 Å². The molecule has 0 heterocycles. The van der Waals surface area contributed by atoms with Crippen molar-refractivity contribution in [2.45, 2.75) is 55.6 Å². The second kappa shape index (κ2) is 9.92. The molecule has 0 unspecified atom stereocenters. The van der Waals surface area contributed by atoms with Crippen molar-refractivity contribution >= 4 is 21.6 Å². The monoisotopic (exact) mass is 455 g/mol. The molecule has 1 atom stereocenters. The van der Waals surface area contributed by atoms with Crippen LogP contribution in [0, 0.1) is 11.7 Å². The quantitative estimate of drug-likeness (QED) is 0.522. The van der Waals surface area contributed by atoms with Gasteiger partial charge >= 0.3 is 6.18 Å². The number of carbonyl (C=O) groups is 1. The van der Waals surface area contributed by atoms with Crippen molar-refractivity contribution in [1.29, 1.82) is 0 Å². The molecule has 0 aliphatic heterocycles. The average molecular weight is 455 g/mol. The Hall–Kier alpha value is -1.92. The van der Waals surface area contributed by atoms with Crippen LogP contribution >= 0.6 is 0 Å². The summed E-state index contributed by atoms with van der Waals surface area (Å²) in [6.07, 6.45) is -1.36. The van der Waals surface area contributed by atoms with Crippen LogP contribution in [0.3, 0.4) is 0 Å². The van der Waals surface area contributed by atoms with Gasteiger partial charge in [0.15, 0.2) is 0 Å². The van der Waals surface area contributed by atoms with E-state index in [0.29, 0.717) is 6.07 Å². The van der Waals surface area contributed by atoms with E-state index in [2.05, 4.69) is 5.32 Å². The lowest BCUT2D eigenvalue weighted by Gasteiger charge is -2.26. The van der Waals surface area contributed by atoms with Gasteiger partial charge in [-0.3, -0.25) is 4.79 Å². The zero-order chi connectivity index (χ0) is 22.5. The van der Waals surface area contributed by atoms with Gasteiger partial charge in [-0.1, -0.05) is 19.3 Å². The molecule has 1 aliphatic carbocycles. The number of rotatable bonds is 8. The standard InChI is InChI=1S/C18H25F4N3O4S/c1-29-14-10-13(25-17(26)16(23)11-5-3-2-4-6-11)12(19)9-15(14)30(27,28)24-8-7-18(20,21)22/h9-11,16,24H,2-8,23H2,1H3,(H,25,26)/t16-/m0/s1. The summed E-state index contributed by atoms with van der Waals surface area (Å²) < 4.78 is 82.5. The van der Waals surface area contributed by atoms with Crippen LogP contribution in [0.15, 0.2) is 17.0 Å². The molecule has 0 aromatic heterocycles. The maximum atomic E-state index is 14.5. The van der Waals surface area contributed by atoms with Crippen LogP contribution in [-0.4, -0.2) is 40.2 Å². The van der Waals surface area contributed by atoms with Crippen LogP contribution in [0.4, 0.5) is 23.2 Å².